The lowest BCUT2D eigenvalue weighted by Crippen LogP contribution is -2.00. The van der Waals surface area contributed by atoms with Gasteiger partial charge in [-0.05, 0) is 35.2 Å². The molecule has 0 heterocycles. The molecule has 18 heavy (non-hydrogen) atoms. The van der Waals surface area contributed by atoms with E-state index in [4.69, 9.17) is 5.73 Å². The van der Waals surface area contributed by atoms with Crippen molar-refractivity contribution in [3.8, 4) is 16.9 Å². The van der Waals surface area contributed by atoms with Crippen molar-refractivity contribution < 1.29 is 9.50 Å². The van der Waals surface area contributed by atoms with Crippen LogP contribution < -0.4 is 5.73 Å². The van der Waals surface area contributed by atoms with Crippen LogP contribution in [0.1, 0.15) is 17.9 Å². The summed E-state index contributed by atoms with van der Waals surface area (Å²) in [6.07, 6.45) is 1.05. The lowest BCUT2D eigenvalue weighted by molar-refractivity contribution is 0.433. The topological polar surface area (TPSA) is 46.2 Å². The van der Waals surface area contributed by atoms with Gasteiger partial charge in [-0.15, -0.1) is 0 Å². The number of aromatic hydroxyl groups is 1. The molecule has 92 valence electrons. The minimum Gasteiger partial charge on any atom is -0.505 e. The summed E-state index contributed by atoms with van der Waals surface area (Å²) in [5.41, 5.74) is 8.82. The van der Waals surface area contributed by atoms with Gasteiger partial charge < -0.3 is 10.8 Å². The van der Waals surface area contributed by atoms with Gasteiger partial charge >= 0.3 is 0 Å². The molecule has 3 heteroatoms. The average molecular weight is 243 g/mol. The summed E-state index contributed by atoms with van der Waals surface area (Å²) in [7, 11) is 0. The molecule has 0 saturated heterocycles. The Morgan fingerprint density at radius 3 is 2.22 bits per heavy atom. The molecule has 0 radical (unpaired) electrons. The number of benzene rings is 2. The predicted octanol–water partition coefficient (Wildman–Crippen LogP) is 3.01. The summed E-state index contributed by atoms with van der Waals surface area (Å²) in [6.45, 7) is 0. The summed E-state index contributed by atoms with van der Waals surface area (Å²) >= 11 is 0. The zero-order chi connectivity index (χ0) is 12.7. The summed E-state index contributed by atoms with van der Waals surface area (Å²) in [6, 6.07) is 12.7. The van der Waals surface area contributed by atoms with Crippen molar-refractivity contribution in [1.29, 1.82) is 0 Å². The lowest BCUT2D eigenvalue weighted by atomic mass is 10.0. The highest BCUT2D eigenvalue weighted by molar-refractivity contribution is 5.65. The van der Waals surface area contributed by atoms with Crippen LogP contribution in [0.2, 0.25) is 0 Å². The van der Waals surface area contributed by atoms with Crippen molar-refractivity contribution in [2.45, 2.75) is 18.4 Å². The maximum Gasteiger partial charge on any atom is 0.164 e. The zero-order valence-corrected chi connectivity index (χ0v) is 9.81. The summed E-state index contributed by atoms with van der Waals surface area (Å²) in [5, 5.41) is 9.36. The standard InChI is InChI=1S/C15H14FNO/c16-13-6-5-11(7-15(13)18)9-1-3-10(4-2-9)12-8-14(12)17/h1-7,12,14,18H,8,17H2/t12-,14+/m0/s1. The molecule has 2 aromatic carbocycles. The van der Waals surface area contributed by atoms with Crippen LogP contribution in [0.3, 0.4) is 0 Å². The molecule has 0 aromatic heterocycles. The molecule has 3 N–H and O–H groups in total. The molecule has 0 unspecified atom stereocenters. The molecule has 1 saturated carbocycles. The van der Waals surface area contributed by atoms with Crippen molar-refractivity contribution in [3.05, 3.63) is 53.8 Å². The highest BCUT2D eigenvalue weighted by Crippen LogP contribution is 2.39. The summed E-state index contributed by atoms with van der Waals surface area (Å²) in [4.78, 5) is 0. The van der Waals surface area contributed by atoms with Crippen LogP contribution in [0.4, 0.5) is 4.39 Å². The Kier molecular flexibility index (Phi) is 2.56. The van der Waals surface area contributed by atoms with E-state index in [-0.39, 0.29) is 5.75 Å². The summed E-state index contributed by atoms with van der Waals surface area (Å²) in [5.74, 6) is -0.430. The van der Waals surface area contributed by atoms with Gasteiger partial charge in [0.1, 0.15) is 0 Å². The third-order valence-corrected chi connectivity index (χ3v) is 3.46. The van der Waals surface area contributed by atoms with Gasteiger partial charge in [-0.3, -0.25) is 0 Å². The van der Waals surface area contributed by atoms with Gasteiger partial charge in [0.15, 0.2) is 11.6 Å². The van der Waals surface area contributed by atoms with Crippen LogP contribution in [-0.4, -0.2) is 11.1 Å². The molecule has 1 aliphatic carbocycles. The van der Waals surface area contributed by atoms with Crippen LogP contribution in [-0.2, 0) is 0 Å². The second kappa shape index (κ2) is 4.10. The normalized spacial score (nSPS) is 21.9. The Morgan fingerprint density at radius 2 is 1.67 bits per heavy atom. The first-order chi connectivity index (χ1) is 8.65. The zero-order valence-electron chi connectivity index (χ0n) is 9.81. The number of phenolic OH excluding ortho intramolecular Hbond substituents is 1. The fraction of sp³-hybridized carbons (Fsp3) is 0.200. The minimum atomic E-state index is -0.598. The predicted molar refractivity (Wildman–Crippen MR) is 68.8 cm³/mol. The third kappa shape index (κ3) is 1.97. The SMILES string of the molecule is N[C@@H]1C[C@H]1c1ccc(-c2ccc(F)c(O)c2)cc1. The number of hydrogen-bond acceptors (Lipinski definition) is 2. The van der Waals surface area contributed by atoms with Gasteiger partial charge in [0.2, 0.25) is 0 Å². The van der Waals surface area contributed by atoms with Crippen molar-refractivity contribution in [3.63, 3.8) is 0 Å². The monoisotopic (exact) mass is 243 g/mol. The summed E-state index contributed by atoms with van der Waals surface area (Å²) < 4.78 is 13.0. The van der Waals surface area contributed by atoms with Crippen LogP contribution >= 0.6 is 0 Å². The highest BCUT2D eigenvalue weighted by Gasteiger charge is 2.34. The first-order valence-electron chi connectivity index (χ1n) is 5.99. The second-order valence-corrected chi connectivity index (χ2v) is 4.79. The average Bonchev–Trinajstić information content (AvgIpc) is 3.10. The maximum atomic E-state index is 13.0. The Morgan fingerprint density at radius 1 is 1.06 bits per heavy atom. The number of rotatable bonds is 2. The molecular formula is C15H14FNO. The van der Waals surface area contributed by atoms with Crippen LogP contribution in [0.5, 0.6) is 5.75 Å². The largest absolute Gasteiger partial charge is 0.505 e. The Labute approximate surface area is 105 Å². The minimum absolute atomic E-state index is 0.297. The molecule has 1 aliphatic rings. The maximum absolute atomic E-state index is 13.0. The molecule has 2 atom stereocenters. The molecule has 2 aromatic rings. The first-order valence-corrected chi connectivity index (χ1v) is 5.99. The van der Waals surface area contributed by atoms with Crippen LogP contribution in [0, 0.1) is 5.82 Å². The van der Waals surface area contributed by atoms with Crippen molar-refractivity contribution in [1.82, 2.24) is 0 Å². The molecule has 0 spiro atoms. The van der Waals surface area contributed by atoms with E-state index in [9.17, 15) is 9.50 Å². The molecule has 1 fully saturated rings. The molecular weight excluding hydrogens is 229 g/mol. The van der Waals surface area contributed by atoms with Gasteiger partial charge in [-0.1, -0.05) is 30.3 Å². The van der Waals surface area contributed by atoms with Crippen LogP contribution in [0.15, 0.2) is 42.5 Å². The van der Waals surface area contributed by atoms with Crippen molar-refractivity contribution in [2.75, 3.05) is 0 Å². The van der Waals surface area contributed by atoms with E-state index in [0.29, 0.717) is 12.0 Å². The second-order valence-electron chi connectivity index (χ2n) is 4.79. The van der Waals surface area contributed by atoms with E-state index in [1.807, 2.05) is 24.3 Å². The van der Waals surface area contributed by atoms with E-state index in [1.54, 1.807) is 6.07 Å². The van der Waals surface area contributed by atoms with Crippen molar-refractivity contribution >= 4 is 0 Å². The molecule has 0 bridgehead atoms. The number of hydrogen-bond donors (Lipinski definition) is 2. The number of halogens is 1. The Bertz CT molecular complexity index is 580. The number of phenols is 1. The molecule has 0 amide bonds. The highest BCUT2D eigenvalue weighted by atomic mass is 19.1. The Balaban J connectivity index is 1.89. The third-order valence-electron chi connectivity index (χ3n) is 3.46. The fourth-order valence-corrected chi connectivity index (χ4v) is 2.21. The fourth-order valence-electron chi connectivity index (χ4n) is 2.21. The van der Waals surface area contributed by atoms with E-state index in [1.165, 1.54) is 17.7 Å². The van der Waals surface area contributed by atoms with Gasteiger partial charge in [0.05, 0.1) is 0 Å². The smallest absolute Gasteiger partial charge is 0.164 e. The van der Waals surface area contributed by atoms with E-state index < -0.39 is 5.82 Å². The van der Waals surface area contributed by atoms with Gasteiger partial charge in [-0.25, -0.2) is 4.39 Å². The quantitative estimate of drug-likeness (QED) is 0.851. The van der Waals surface area contributed by atoms with Gasteiger partial charge in [-0.2, -0.15) is 0 Å². The Hall–Kier alpha value is -1.87. The van der Waals surface area contributed by atoms with E-state index in [2.05, 4.69) is 0 Å². The molecule has 0 aliphatic heterocycles. The van der Waals surface area contributed by atoms with Crippen molar-refractivity contribution in [2.24, 2.45) is 5.73 Å². The van der Waals surface area contributed by atoms with E-state index >= 15 is 0 Å². The van der Waals surface area contributed by atoms with Gasteiger partial charge in [0, 0.05) is 12.0 Å². The number of nitrogens with two attached hydrogens (primary N) is 1. The molecule has 3 rings (SSSR count). The lowest BCUT2D eigenvalue weighted by Gasteiger charge is -2.05. The molecule has 2 nitrogen and oxygen atoms in total. The first kappa shape index (κ1) is 11.2. The van der Waals surface area contributed by atoms with E-state index in [0.717, 1.165) is 17.5 Å². The van der Waals surface area contributed by atoms with Crippen LogP contribution in [0.25, 0.3) is 11.1 Å². The van der Waals surface area contributed by atoms with Gasteiger partial charge in [0.25, 0.3) is 0 Å².